The molecule has 0 heterocycles. The molecule has 0 unspecified atom stereocenters. The van der Waals surface area contributed by atoms with E-state index in [9.17, 15) is 9.59 Å². The second kappa shape index (κ2) is 11.8. The lowest BCUT2D eigenvalue weighted by Gasteiger charge is -2.40. The minimum atomic E-state index is -0.667. The van der Waals surface area contributed by atoms with Crippen molar-refractivity contribution in [1.29, 1.82) is 0 Å². The molecule has 6 nitrogen and oxygen atoms in total. The van der Waals surface area contributed by atoms with Gasteiger partial charge in [-0.25, -0.2) is 9.59 Å². The van der Waals surface area contributed by atoms with Crippen molar-refractivity contribution < 1.29 is 19.2 Å². The van der Waals surface area contributed by atoms with Crippen LogP contribution in [-0.2, 0) is 14.4 Å². The summed E-state index contributed by atoms with van der Waals surface area (Å²) < 4.78 is 5.36. The molecule has 2 aliphatic rings. The number of carbonyl (C=O) groups excluding carboxylic acids is 2. The third-order valence-corrected chi connectivity index (χ3v) is 5.89. The van der Waals surface area contributed by atoms with Gasteiger partial charge in [0.05, 0.1) is 0 Å². The zero-order valence-electron chi connectivity index (χ0n) is 19.0. The van der Waals surface area contributed by atoms with Crippen molar-refractivity contribution in [2.24, 2.45) is 0 Å². The van der Waals surface area contributed by atoms with E-state index in [-0.39, 0.29) is 5.97 Å². The van der Waals surface area contributed by atoms with Gasteiger partial charge in [0.2, 0.25) is 0 Å². The van der Waals surface area contributed by atoms with Crippen molar-refractivity contribution in [2.75, 3.05) is 0 Å². The van der Waals surface area contributed by atoms with Gasteiger partial charge in [0.25, 0.3) is 0 Å². The first-order valence-corrected chi connectivity index (χ1v) is 11.8. The van der Waals surface area contributed by atoms with Crippen LogP contribution in [0.1, 0.15) is 111 Å². The number of carbonyl (C=O) groups is 2. The fourth-order valence-corrected chi connectivity index (χ4v) is 4.39. The van der Waals surface area contributed by atoms with Gasteiger partial charge in [0.1, 0.15) is 11.6 Å². The lowest BCUT2D eigenvalue weighted by atomic mass is 9.90. The van der Waals surface area contributed by atoms with Crippen LogP contribution >= 0.6 is 0 Å². The Labute approximate surface area is 177 Å². The molecule has 0 bridgehead atoms. The molecule has 6 heteroatoms. The average molecular weight is 411 g/mol. The predicted octanol–water partition coefficient (Wildman–Crippen LogP) is 5.50. The molecule has 2 rings (SSSR count). The maximum atomic E-state index is 13.1. The zero-order valence-corrected chi connectivity index (χ0v) is 19.0. The third kappa shape index (κ3) is 8.53. The van der Waals surface area contributed by atoms with Crippen LogP contribution in [0.15, 0.2) is 0 Å². The maximum Gasteiger partial charge on any atom is 0.408 e. The van der Waals surface area contributed by atoms with Crippen LogP contribution in [0.25, 0.3) is 0 Å². The van der Waals surface area contributed by atoms with Gasteiger partial charge >= 0.3 is 12.1 Å². The molecule has 1 N–H and O–H groups in total. The summed E-state index contributed by atoms with van der Waals surface area (Å²) in [6.07, 6.45) is 13.5. The molecular formula is C23H42N2O4. The standard InChI is InChI=1S/C23H42N2O4/c1-5-6-17-20(24-22(27)28-23(2,3)4)21(26)29-25(18-13-9-7-10-14-18)19-15-11-8-12-16-19/h18-20H,5-17H2,1-4H3,(H,24,27)/t20-/m1/s1. The first-order chi connectivity index (χ1) is 13.8. The summed E-state index contributed by atoms with van der Waals surface area (Å²) in [6.45, 7) is 7.53. The van der Waals surface area contributed by atoms with Crippen molar-refractivity contribution in [1.82, 2.24) is 10.4 Å². The average Bonchev–Trinajstić information content (AvgIpc) is 2.69. The molecule has 2 fully saturated rings. The number of unbranched alkanes of at least 4 members (excludes halogenated alkanes) is 1. The van der Waals surface area contributed by atoms with E-state index >= 15 is 0 Å². The largest absolute Gasteiger partial charge is 0.444 e. The van der Waals surface area contributed by atoms with Crippen LogP contribution in [0.5, 0.6) is 0 Å². The molecular weight excluding hydrogens is 368 g/mol. The van der Waals surface area contributed by atoms with Gasteiger partial charge in [-0.15, -0.1) is 5.06 Å². The highest BCUT2D eigenvalue weighted by molar-refractivity contribution is 5.81. The topological polar surface area (TPSA) is 67.9 Å². The van der Waals surface area contributed by atoms with Crippen molar-refractivity contribution in [3.63, 3.8) is 0 Å². The number of hydroxylamine groups is 2. The molecule has 0 aliphatic heterocycles. The Morgan fingerprint density at radius 2 is 1.48 bits per heavy atom. The molecule has 2 aliphatic carbocycles. The van der Waals surface area contributed by atoms with Crippen molar-refractivity contribution >= 4 is 12.1 Å². The quantitative estimate of drug-likeness (QED) is 0.536. The Balaban J connectivity index is 2.05. The Hall–Kier alpha value is -1.30. The first-order valence-electron chi connectivity index (χ1n) is 11.8. The molecule has 0 radical (unpaired) electrons. The van der Waals surface area contributed by atoms with Crippen LogP contribution < -0.4 is 5.32 Å². The fourth-order valence-electron chi connectivity index (χ4n) is 4.39. The lowest BCUT2D eigenvalue weighted by Crippen LogP contribution is -2.51. The van der Waals surface area contributed by atoms with Gasteiger partial charge in [-0.1, -0.05) is 58.3 Å². The first kappa shape index (κ1) is 24.0. The summed E-state index contributed by atoms with van der Waals surface area (Å²) >= 11 is 0. The molecule has 168 valence electrons. The normalized spacial score (nSPS) is 20.3. The number of hydrogen-bond donors (Lipinski definition) is 1. The molecule has 2 saturated carbocycles. The molecule has 0 saturated heterocycles. The third-order valence-electron chi connectivity index (χ3n) is 5.89. The number of nitrogens with one attached hydrogen (secondary N) is 1. The van der Waals surface area contributed by atoms with Crippen molar-refractivity contribution in [3.8, 4) is 0 Å². The second-order valence-electron chi connectivity index (χ2n) is 9.69. The number of rotatable bonds is 8. The Morgan fingerprint density at radius 3 is 1.93 bits per heavy atom. The van der Waals surface area contributed by atoms with Gasteiger partial charge in [-0.05, 0) is 52.9 Å². The van der Waals surface area contributed by atoms with Gasteiger partial charge < -0.3 is 14.9 Å². The van der Waals surface area contributed by atoms with E-state index in [2.05, 4.69) is 12.2 Å². The van der Waals surface area contributed by atoms with Crippen molar-refractivity contribution in [3.05, 3.63) is 0 Å². The van der Waals surface area contributed by atoms with E-state index in [0.29, 0.717) is 18.5 Å². The zero-order chi connectivity index (χ0) is 21.3. The smallest absolute Gasteiger partial charge is 0.408 e. The summed E-state index contributed by atoms with van der Waals surface area (Å²) in [7, 11) is 0. The molecule has 1 atom stereocenters. The SMILES string of the molecule is CCCC[C@@H](NC(=O)OC(C)(C)C)C(=O)ON(C1CCCCC1)C1CCCCC1. The minimum absolute atomic E-state index is 0.309. The summed E-state index contributed by atoms with van der Waals surface area (Å²) in [5, 5.41) is 4.78. The van der Waals surface area contributed by atoms with Gasteiger partial charge in [-0.2, -0.15) is 0 Å². The maximum absolute atomic E-state index is 13.1. The van der Waals surface area contributed by atoms with E-state index in [4.69, 9.17) is 9.57 Å². The number of nitrogens with zero attached hydrogens (tertiary/aromatic N) is 1. The molecule has 0 aromatic heterocycles. The fraction of sp³-hybridized carbons (Fsp3) is 0.913. The summed E-state index contributed by atoms with van der Waals surface area (Å²) in [5.74, 6) is -0.347. The van der Waals surface area contributed by atoms with E-state index < -0.39 is 17.7 Å². The number of amides is 1. The minimum Gasteiger partial charge on any atom is -0.444 e. The Morgan fingerprint density at radius 1 is 0.966 bits per heavy atom. The molecule has 0 spiro atoms. The molecule has 0 aromatic carbocycles. The lowest BCUT2D eigenvalue weighted by molar-refractivity contribution is -0.225. The van der Waals surface area contributed by atoms with Crippen LogP contribution in [0.2, 0.25) is 0 Å². The summed E-state index contributed by atoms with van der Waals surface area (Å²) in [6, 6.07) is -0.0483. The highest BCUT2D eigenvalue weighted by Crippen LogP contribution is 2.30. The number of alkyl carbamates (subject to hydrolysis) is 1. The summed E-state index contributed by atoms with van der Waals surface area (Å²) in [4.78, 5) is 31.4. The predicted molar refractivity (Wildman–Crippen MR) is 114 cm³/mol. The number of ether oxygens (including phenoxy) is 1. The van der Waals surface area contributed by atoms with Crippen LogP contribution in [0, 0.1) is 0 Å². The van der Waals surface area contributed by atoms with Crippen molar-refractivity contribution in [2.45, 2.75) is 135 Å². The Bertz CT molecular complexity index is 487. The van der Waals surface area contributed by atoms with E-state index in [1.54, 1.807) is 0 Å². The van der Waals surface area contributed by atoms with Crippen LogP contribution in [0.3, 0.4) is 0 Å². The molecule has 1 amide bonds. The second-order valence-corrected chi connectivity index (χ2v) is 9.69. The van der Waals surface area contributed by atoms with E-state index in [1.807, 2.05) is 25.8 Å². The van der Waals surface area contributed by atoms with E-state index in [1.165, 1.54) is 38.5 Å². The molecule has 0 aromatic rings. The number of hydrogen-bond acceptors (Lipinski definition) is 5. The van der Waals surface area contributed by atoms with Gasteiger partial charge in [0, 0.05) is 12.1 Å². The highest BCUT2D eigenvalue weighted by Gasteiger charge is 2.34. The van der Waals surface area contributed by atoms with Gasteiger partial charge in [-0.3, -0.25) is 0 Å². The molecule has 29 heavy (non-hydrogen) atoms. The van der Waals surface area contributed by atoms with Gasteiger partial charge in [0.15, 0.2) is 0 Å². The van der Waals surface area contributed by atoms with E-state index in [0.717, 1.165) is 38.5 Å². The van der Waals surface area contributed by atoms with Crippen LogP contribution in [-0.4, -0.2) is 40.9 Å². The Kier molecular flexibility index (Phi) is 9.73. The van der Waals surface area contributed by atoms with Crippen LogP contribution in [0.4, 0.5) is 4.79 Å². The monoisotopic (exact) mass is 410 g/mol. The summed E-state index contributed by atoms with van der Waals surface area (Å²) in [5.41, 5.74) is -0.598. The highest BCUT2D eigenvalue weighted by atomic mass is 16.7.